The van der Waals surface area contributed by atoms with E-state index >= 15 is 0 Å². The van der Waals surface area contributed by atoms with Gasteiger partial charge in [0.05, 0.1) is 6.42 Å². The number of sulfonamides is 1. The molecule has 0 spiro atoms. The van der Waals surface area contributed by atoms with Gasteiger partial charge >= 0.3 is 0 Å². The van der Waals surface area contributed by atoms with Crippen LogP contribution in [0.4, 0.5) is 0 Å². The summed E-state index contributed by atoms with van der Waals surface area (Å²) in [7, 11) is -2.32. The summed E-state index contributed by atoms with van der Waals surface area (Å²) in [4.78, 5) is 11.7. The molecule has 0 radical (unpaired) electrons. The van der Waals surface area contributed by atoms with E-state index in [9.17, 15) is 13.2 Å². The Kier molecular flexibility index (Phi) is 2.08. The summed E-state index contributed by atoms with van der Waals surface area (Å²) in [6, 6.07) is 7.45. The van der Waals surface area contributed by atoms with Crippen molar-refractivity contribution in [2.45, 2.75) is 10.6 Å². The number of carbonyl (C=O) groups is 1. The Morgan fingerprint density at radius 1 is 1.29 bits per heavy atom. The maximum atomic E-state index is 12.1. The minimum absolute atomic E-state index is 0.162. The topological polar surface area (TPSA) is 54.5 Å². The SMILES string of the molecule is CN1C(=O)Cc2c(sc3ccccc23)S1(=O)=O. The lowest BCUT2D eigenvalue weighted by molar-refractivity contribution is -0.125. The Morgan fingerprint density at radius 3 is 2.76 bits per heavy atom. The van der Waals surface area contributed by atoms with Crippen LogP contribution in [0.2, 0.25) is 0 Å². The third-order valence-corrected chi connectivity index (χ3v) is 6.46. The predicted octanol–water partition coefficient (Wildman–Crippen LogP) is 1.60. The van der Waals surface area contributed by atoms with Crippen LogP contribution in [0.3, 0.4) is 0 Å². The normalized spacial score (nSPS) is 18.4. The number of rotatable bonds is 0. The molecule has 0 saturated carbocycles. The summed E-state index contributed by atoms with van der Waals surface area (Å²) in [5.41, 5.74) is 0.647. The molecular weight excluding hydrogens is 258 g/mol. The van der Waals surface area contributed by atoms with Gasteiger partial charge in [0.25, 0.3) is 10.0 Å². The number of carbonyl (C=O) groups excluding carboxylic acids is 1. The number of hydrogen-bond donors (Lipinski definition) is 0. The number of benzene rings is 1. The molecule has 0 bridgehead atoms. The second-order valence-electron chi connectivity index (χ2n) is 3.91. The zero-order valence-electron chi connectivity index (χ0n) is 9.00. The van der Waals surface area contributed by atoms with Crippen molar-refractivity contribution in [3.8, 4) is 0 Å². The fourth-order valence-corrected chi connectivity index (χ4v) is 5.03. The third kappa shape index (κ3) is 1.34. The van der Waals surface area contributed by atoms with Crippen molar-refractivity contribution in [1.82, 2.24) is 4.31 Å². The molecule has 0 fully saturated rings. The smallest absolute Gasteiger partial charge is 0.273 e. The quantitative estimate of drug-likeness (QED) is 0.728. The molecule has 2 aromatic rings. The first-order chi connectivity index (χ1) is 8.01. The summed E-state index contributed by atoms with van der Waals surface area (Å²) in [6.07, 6.45) is 0.162. The first kappa shape index (κ1) is 10.7. The average Bonchev–Trinajstić information content (AvgIpc) is 2.67. The molecule has 0 aliphatic carbocycles. The highest BCUT2D eigenvalue weighted by Crippen LogP contribution is 2.38. The van der Waals surface area contributed by atoms with Crippen molar-refractivity contribution < 1.29 is 13.2 Å². The molecule has 1 aromatic carbocycles. The molecule has 0 atom stereocenters. The summed E-state index contributed by atoms with van der Waals surface area (Å²) >= 11 is 1.23. The lowest BCUT2D eigenvalue weighted by Gasteiger charge is -2.22. The second-order valence-corrected chi connectivity index (χ2v) is 7.12. The van der Waals surface area contributed by atoms with E-state index in [1.807, 2.05) is 24.3 Å². The Bertz CT molecular complexity index is 730. The molecule has 4 nitrogen and oxygen atoms in total. The van der Waals surface area contributed by atoms with Gasteiger partial charge in [-0.25, -0.2) is 12.7 Å². The number of fused-ring (bicyclic) bond motifs is 3. The average molecular weight is 267 g/mol. The van der Waals surface area contributed by atoms with E-state index < -0.39 is 10.0 Å². The summed E-state index contributed by atoms with van der Waals surface area (Å²) in [6.45, 7) is 0. The lowest BCUT2D eigenvalue weighted by atomic mass is 10.1. The standard InChI is InChI=1S/C11H9NO3S2/c1-12-10(13)6-8-7-4-2-3-5-9(7)16-11(8)17(12,14)15/h2-5H,6H2,1H3. The molecule has 0 N–H and O–H groups in total. The minimum Gasteiger partial charge on any atom is -0.273 e. The zero-order chi connectivity index (χ0) is 12.2. The van der Waals surface area contributed by atoms with Crippen molar-refractivity contribution in [3.05, 3.63) is 29.8 Å². The molecule has 0 unspecified atom stereocenters. The molecule has 2 heterocycles. The van der Waals surface area contributed by atoms with E-state index in [4.69, 9.17) is 0 Å². The van der Waals surface area contributed by atoms with Crippen molar-refractivity contribution in [2.24, 2.45) is 0 Å². The highest BCUT2D eigenvalue weighted by Gasteiger charge is 2.36. The highest BCUT2D eigenvalue weighted by atomic mass is 32.2. The van der Waals surface area contributed by atoms with E-state index in [2.05, 4.69) is 0 Å². The van der Waals surface area contributed by atoms with Crippen LogP contribution in [-0.4, -0.2) is 25.7 Å². The van der Waals surface area contributed by atoms with Crippen LogP contribution in [0.15, 0.2) is 28.5 Å². The Labute approximate surface area is 103 Å². The Morgan fingerprint density at radius 2 is 2.00 bits per heavy atom. The molecular formula is C11H9NO3S2. The fraction of sp³-hybridized carbons (Fsp3) is 0.182. The number of hydrogen-bond acceptors (Lipinski definition) is 4. The first-order valence-corrected chi connectivity index (χ1v) is 7.29. The second kappa shape index (κ2) is 3.30. The summed E-state index contributed by atoms with van der Waals surface area (Å²) in [5.74, 6) is -0.374. The Hall–Kier alpha value is -1.40. The zero-order valence-corrected chi connectivity index (χ0v) is 10.6. The number of amides is 1. The molecule has 3 rings (SSSR count). The van der Waals surface area contributed by atoms with E-state index in [-0.39, 0.29) is 12.3 Å². The third-order valence-electron chi connectivity index (χ3n) is 2.94. The van der Waals surface area contributed by atoms with Gasteiger partial charge in [-0.2, -0.15) is 0 Å². The Balaban J connectivity index is 2.43. The summed E-state index contributed by atoms with van der Waals surface area (Å²) < 4.78 is 26.3. The van der Waals surface area contributed by atoms with Gasteiger partial charge in [-0.15, -0.1) is 11.3 Å². The van der Waals surface area contributed by atoms with Gasteiger partial charge in [0.2, 0.25) is 5.91 Å². The van der Waals surface area contributed by atoms with Crippen LogP contribution in [0, 0.1) is 0 Å². The van der Waals surface area contributed by atoms with Crippen LogP contribution >= 0.6 is 11.3 Å². The van der Waals surface area contributed by atoms with E-state index in [0.29, 0.717) is 9.77 Å². The van der Waals surface area contributed by atoms with Gasteiger partial charge < -0.3 is 0 Å². The van der Waals surface area contributed by atoms with Gasteiger partial charge in [-0.3, -0.25) is 4.79 Å². The molecule has 1 aliphatic heterocycles. The van der Waals surface area contributed by atoms with Crippen molar-refractivity contribution in [1.29, 1.82) is 0 Å². The molecule has 1 aliphatic rings. The molecule has 0 saturated heterocycles. The fourth-order valence-electron chi connectivity index (χ4n) is 1.97. The largest absolute Gasteiger partial charge is 0.276 e. The van der Waals surface area contributed by atoms with Crippen LogP contribution in [-0.2, 0) is 21.2 Å². The maximum absolute atomic E-state index is 12.1. The molecule has 88 valence electrons. The van der Waals surface area contributed by atoms with Crippen molar-refractivity contribution in [2.75, 3.05) is 7.05 Å². The van der Waals surface area contributed by atoms with Gasteiger partial charge in [0, 0.05) is 17.3 Å². The van der Waals surface area contributed by atoms with Crippen LogP contribution in [0.5, 0.6) is 0 Å². The number of likely N-dealkylation sites (N-methyl/N-ethyl adjacent to an activating group) is 1. The van der Waals surface area contributed by atoms with E-state index in [1.54, 1.807) is 0 Å². The predicted molar refractivity (Wildman–Crippen MR) is 65.5 cm³/mol. The monoisotopic (exact) mass is 267 g/mol. The molecule has 17 heavy (non-hydrogen) atoms. The van der Waals surface area contributed by atoms with Crippen LogP contribution in [0.25, 0.3) is 10.1 Å². The van der Waals surface area contributed by atoms with Gasteiger partial charge in [0.1, 0.15) is 4.21 Å². The number of thiophene rings is 1. The minimum atomic E-state index is -3.63. The van der Waals surface area contributed by atoms with Gasteiger partial charge in [0.15, 0.2) is 0 Å². The highest BCUT2D eigenvalue weighted by molar-refractivity contribution is 7.92. The van der Waals surface area contributed by atoms with Crippen molar-refractivity contribution in [3.63, 3.8) is 0 Å². The van der Waals surface area contributed by atoms with Crippen LogP contribution in [0.1, 0.15) is 5.56 Å². The molecule has 1 aromatic heterocycles. The summed E-state index contributed by atoms with van der Waals surface area (Å²) in [5, 5.41) is 0.873. The van der Waals surface area contributed by atoms with Gasteiger partial charge in [-0.1, -0.05) is 18.2 Å². The lowest BCUT2D eigenvalue weighted by Crippen LogP contribution is -2.38. The molecule has 6 heteroatoms. The molecule has 1 amide bonds. The van der Waals surface area contributed by atoms with Crippen LogP contribution < -0.4 is 0 Å². The maximum Gasteiger partial charge on any atom is 0.276 e. The van der Waals surface area contributed by atoms with Crippen molar-refractivity contribution >= 4 is 37.4 Å². The van der Waals surface area contributed by atoms with E-state index in [0.717, 1.165) is 14.4 Å². The number of nitrogens with zero attached hydrogens (tertiary/aromatic N) is 1. The first-order valence-electron chi connectivity index (χ1n) is 5.04. The van der Waals surface area contributed by atoms with E-state index in [1.165, 1.54) is 18.4 Å². The van der Waals surface area contributed by atoms with Gasteiger partial charge in [-0.05, 0) is 11.5 Å².